The highest BCUT2D eigenvalue weighted by molar-refractivity contribution is 7.16. The van der Waals surface area contributed by atoms with E-state index in [1.54, 1.807) is 0 Å². The summed E-state index contributed by atoms with van der Waals surface area (Å²) in [5.74, 6) is -0.294. The maximum atomic E-state index is 10.9. The Hall–Kier alpha value is -2.08. The highest BCUT2D eigenvalue weighted by Crippen LogP contribution is 2.40. The normalized spacial score (nSPS) is 17.2. The van der Waals surface area contributed by atoms with Crippen molar-refractivity contribution >= 4 is 22.3 Å². The van der Waals surface area contributed by atoms with Crippen LogP contribution >= 0.6 is 11.3 Å². The molecule has 3 rings (SSSR count). The molecule has 1 unspecified atom stereocenters. The fourth-order valence-corrected chi connectivity index (χ4v) is 2.95. The Kier molecular flexibility index (Phi) is 2.45. The number of nitrogen functional groups attached to an aromatic ring is 1. The van der Waals surface area contributed by atoms with Gasteiger partial charge in [-0.15, -0.1) is 11.3 Å². The number of carboxylic acid groups (broad SMARTS) is 1. The van der Waals surface area contributed by atoms with Gasteiger partial charge in [-0.2, -0.15) is 0 Å². The summed E-state index contributed by atoms with van der Waals surface area (Å²) < 4.78 is 5.55. The molecule has 0 spiro atoms. The Balaban J connectivity index is 2.03. The molecule has 0 bridgehead atoms. The summed E-state index contributed by atoms with van der Waals surface area (Å²) in [5.41, 5.74) is 6.62. The maximum absolute atomic E-state index is 10.9. The standard InChI is InChI=1S/C12H10N2O3S/c13-10-9(12(15)16)14-11(18-10)7-5-17-8-4-2-1-3-6(7)8/h1-4,7H,5,13H2,(H,15,16). The third-order valence-electron chi connectivity index (χ3n) is 2.87. The number of hydrogen-bond donors (Lipinski definition) is 2. The van der Waals surface area contributed by atoms with Crippen LogP contribution in [0.3, 0.4) is 0 Å². The molecule has 1 aromatic heterocycles. The second-order valence-corrected chi connectivity index (χ2v) is 5.03. The zero-order valence-corrected chi connectivity index (χ0v) is 10.1. The molecular weight excluding hydrogens is 252 g/mol. The van der Waals surface area contributed by atoms with E-state index in [0.717, 1.165) is 11.3 Å². The van der Waals surface area contributed by atoms with E-state index in [-0.39, 0.29) is 16.6 Å². The number of para-hydroxylation sites is 1. The van der Waals surface area contributed by atoms with E-state index in [0.29, 0.717) is 11.6 Å². The summed E-state index contributed by atoms with van der Waals surface area (Å²) in [5, 5.41) is 9.88. The van der Waals surface area contributed by atoms with Crippen molar-refractivity contribution in [2.75, 3.05) is 12.3 Å². The number of carboxylic acids is 1. The lowest BCUT2D eigenvalue weighted by atomic mass is 10.0. The SMILES string of the molecule is Nc1sc(C2COc3ccccc32)nc1C(=O)O. The number of fused-ring (bicyclic) bond motifs is 1. The highest BCUT2D eigenvalue weighted by Gasteiger charge is 2.29. The number of ether oxygens (including phenoxy) is 1. The van der Waals surface area contributed by atoms with E-state index in [4.69, 9.17) is 15.6 Å². The van der Waals surface area contributed by atoms with Gasteiger partial charge >= 0.3 is 5.97 Å². The molecule has 2 aromatic rings. The van der Waals surface area contributed by atoms with Gasteiger partial charge in [-0.05, 0) is 6.07 Å². The van der Waals surface area contributed by atoms with Crippen LogP contribution < -0.4 is 10.5 Å². The molecule has 0 amide bonds. The predicted molar refractivity (Wildman–Crippen MR) is 67.3 cm³/mol. The van der Waals surface area contributed by atoms with Gasteiger partial charge in [0.1, 0.15) is 22.4 Å². The first-order chi connectivity index (χ1) is 8.66. The van der Waals surface area contributed by atoms with Gasteiger partial charge in [-0.1, -0.05) is 18.2 Å². The zero-order valence-electron chi connectivity index (χ0n) is 9.29. The molecule has 0 saturated heterocycles. The number of nitrogens with zero attached hydrogens (tertiary/aromatic N) is 1. The summed E-state index contributed by atoms with van der Waals surface area (Å²) in [6, 6.07) is 7.69. The van der Waals surface area contributed by atoms with E-state index >= 15 is 0 Å². The molecule has 0 fully saturated rings. The topological polar surface area (TPSA) is 85.4 Å². The summed E-state index contributed by atoms with van der Waals surface area (Å²) in [7, 11) is 0. The first kappa shape index (κ1) is 11.0. The molecular formula is C12H10N2O3S. The minimum absolute atomic E-state index is 0.0263. The minimum Gasteiger partial charge on any atom is -0.492 e. The largest absolute Gasteiger partial charge is 0.492 e. The molecule has 18 heavy (non-hydrogen) atoms. The highest BCUT2D eigenvalue weighted by atomic mass is 32.1. The van der Waals surface area contributed by atoms with E-state index < -0.39 is 5.97 Å². The van der Waals surface area contributed by atoms with Gasteiger partial charge in [0.25, 0.3) is 0 Å². The number of thiazole rings is 1. The van der Waals surface area contributed by atoms with Crippen LogP contribution in [-0.4, -0.2) is 22.7 Å². The second-order valence-electron chi connectivity index (χ2n) is 3.97. The number of carbonyl (C=O) groups is 1. The number of benzene rings is 1. The molecule has 6 heteroatoms. The lowest BCUT2D eigenvalue weighted by molar-refractivity contribution is 0.0692. The smallest absolute Gasteiger partial charge is 0.357 e. The minimum atomic E-state index is -1.10. The fourth-order valence-electron chi connectivity index (χ4n) is 2.02. The summed E-state index contributed by atoms with van der Waals surface area (Å²) in [6.45, 7) is 0.478. The molecule has 0 aliphatic carbocycles. The van der Waals surface area contributed by atoms with Crippen molar-refractivity contribution in [3.05, 3.63) is 40.5 Å². The molecule has 92 valence electrons. The quantitative estimate of drug-likeness (QED) is 0.864. The van der Waals surface area contributed by atoms with Gasteiger partial charge in [0, 0.05) is 5.56 Å². The number of aromatic nitrogens is 1. The average Bonchev–Trinajstić information content (AvgIpc) is 2.92. The number of nitrogens with two attached hydrogens (primary N) is 1. The molecule has 2 heterocycles. The first-order valence-electron chi connectivity index (χ1n) is 5.38. The maximum Gasteiger partial charge on any atom is 0.357 e. The Labute approximate surface area is 107 Å². The monoisotopic (exact) mass is 262 g/mol. The van der Waals surface area contributed by atoms with Crippen LogP contribution in [0.25, 0.3) is 0 Å². The van der Waals surface area contributed by atoms with Gasteiger partial charge in [-0.3, -0.25) is 0 Å². The van der Waals surface area contributed by atoms with Crippen molar-refractivity contribution in [2.45, 2.75) is 5.92 Å². The Morgan fingerprint density at radius 3 is 3.00 bits per heavy atom. The van der Waals surface area contributed by atoms with Crippen molar-refractivity contribution in [1.82, 2.24) is 4.98 Å². The summed E-state index contributed by atoms with van der Waals surface area (Å²) in [4.78, 5) is 15.0. The fraction of sp³-hybridized carbons (Fsp3) is 0.167. The van der Waals surface area contributed by atoms with Gasteiger partial charge in [0.2, 0.25) is 0 Å². The van der Waals surface area contributed by atoms with Crippen molar-refractivity contribution in [2.24, 2.45) is 0 Å². The molecule has 1 atom stereocenters. The van der Waals surface area contributed by atoms with Gasteiger partial charge < -0.3 is 15.6 Å². The Bertz CT molecular complexity index is 624. The Morgan fingerprint density at radius 2 is 2.28 bits per heavy atom. The van der Waals surface area contributed by atoms with Crippen molar-refractivity contribution in [3.8, 4) is 5.75 Å². The number of rotatable bonds is 2. The predicted octanol–water partition coefficient (Wildman–Crippen LogP) is 1.95. The van der Waals surface area contributed by atoms with Crippen molar-refractivity contribution < 1.29 is 14.6 Å². The van der Waals surface area contributed by atoms with E-state index in [1.807, 2.05) is 24.3 Å². The van der Waals surface area contributed by atoms with Crippen LogP contribution in [0.4, 0.5) is 5.00 Å². The molecule has 3 N–H and O–H groups in total. The van der Waals surface area contributed by atoms with E-state index in [1.165, 1.54) is 11.3 Å². The first-order valence-corrected chi connectivity index (χ1v) is 6.19. The van der Waals surface area contributed by atoms with Crippen molar-refractivity contribution in [1.29, 1.82) is 0 Å². The number of aromatic carboxylic acids is 1. The van der Waals surface area contributed by atoms with Crippen LogP contribution in [0, 0.1) is 0 Å². The molecule has 1 aliphatic heterocycles. The van der Waals surface area contributed by atoms with Gasteiger partial charge in [0.05, 0.1) is 5.92 Å². The Morgan fingerprint density at radius 1 is 1.50 bits per heavy atom. The van der Waals surface area contributed by atoms with Crippen LogP contribution in [0.15, 0.2) is 24.3 Å². The summed E-state index contributed by atoms with van der Waals surface area (Å²) in [6.07, 6.45) is 0. The van der Waals surface area contributed by atoms with Crippen LogP contribution in [0.2, 0.25) is 0 Å². The lowest BCUT2D eigenvalue weighted by Gasteiger charge is -2.03. The van der Waals surface area contributed by atoms with Gasteiger partial charge in [-0.25, -0.2) is 9.78 Å². The molecule has 0 saturated carbocycles. The third-order valence-corrected chi connectivity index (χ3v) is 3.87. The van der Waals surface area contributed by atoms with Crippen molar-refractivity contribution in [3.63, 3.8) is 0 Å². The number of anilines is 1. The van der Waals surface area contributed by atoms with Gasteiger partial charge in [0.15, 0.2) is 5.69 Å². The molecule has 1 aromatic carbocycles. The van der Waals surface area contributed by atoms with E-state index in [9.17, 15) is 4.79 Å². The third kappa shape index (κ3) is 1.62. The summed E-state index contributed by atoms with van der Waals surface area (Å²) >= 11 is 1.21. The molecule has 5 nitrogen and oxygen atoms in total. The van der Waals surface area contributed by atoms with E-state index in [2.05, 4.69) is 4.98 Å². The number of hydrogen-bond acceptors (Lipinski definition) is 5. The zero-order chi connectivity index (χ0) is 12.7. The lowest BCUT2D eigenvalue weighted by Crippen LogP contribution is -2.04. The average molecular weight is 262 g/mol. The van der Waals surface area contributed by atoms with Crippen LogP contribution in [0.1, 0.15) is 27.0 Å². The molecule has 1 aliphatic rings. The van der Waals surface area contributed by atoms with Crippen LogP contribution in [-0.2, 0) is 0 Å². The second kappa shape index (κ2) is 3.99. The molecule has 0 radical (unpaired) electrons. The van der Waals surface area contributed by atoms with Crippen LogP contribution in [0.5, 0.6) is 5.75 Å².